The highest BCUT2D eigenvalue weighted by Crippen LogP contribution is 2.04. The van der Waals surface area contributed by atoms with E-state index < -0.39 is 5.97 Å². The van der Waals surface area contributed by atoms with E-state index in [0.717, 1.165) is 0 Å². The summed E-state index contributed by atoms with van der Waals surface area (Å²) in [5, 5.41) is 3.59. The van der Waals surface area contributed by atoms with Gasteiger partial charge >= 0.3 is 5.97 Å². The fourth-order valence-electron chi connectivity index (χ4n) is 1.18. The Bertz CT molecular complexity index is 479. The van der Waals surface area contributed by atoms with Crippen LogP contribution < -0.4 is 0 Å². The number of nitrogens with zero attached hydrogens (tertiary/aromatic N) is 2. The summed E-state index contributed by atoms with van der Waals surface area (Å²) in [4.78, 5) is 15.4. The van der Waals surface area contributed by atoms with Gasteiger partial charge in [-0.3, -0.25) is 0 Å². The van der Waals surface area contributed by atoms with Crippen LogP contribution in [0.2, 0.25) is 0 Å². The molecule has 1 heterocycles. The normalized spacial score (nSPS) is 10.1. The third-order valence-corrected chi connectivity index (χ3v) is 1.91. The second-order valence-corrected chi connectivity index (χ2v) is 3.18. The summed E-state index contributed by atoms with van der Waals surface area (Å²) in [6.07, 6.45) is 0. The molecule has 5 nitrogen and oxygen atoms in total. The fraction of sp³-hybridized carbons (Fsp3) is 0.182. The van der Waals surface area contributed by atoms with Crippen LogP contribution in [0.3, 0.4) is 0 Å². The number of rotatable bonds is 3. The summed E-state index contributed by atoms with van der Waals surface area (Å²) >= 11 is 0. The van der Waals surface area contributed by atoms with E-state index in [1.807, 2.05) is 6.07 Å². The van der Waals surface area contributed by atoms with Gasteiger partial charge in [0, 0.05) is 0 Å². The predicted molar refractivity (Wildman–Crippen MR) is 54.6 cm³/mol. The van der Waals surface area contributed by atoms with Crippen LogP contribution in [0.15, 0.2) is 34.9 Å². The van der Waals surface area contributed by atoms with Crippen molar-refractivity contribution in [1.29, 1.82) is 0 Å². The van der Waals surface area contributed by atoms with Crippen molar-refractivity contribution in [3.63, 3.8) is 0 Å². The Morgan fingerprint density at radius 1 is 1.38 bits per heavy atom. The maximum atomic E-state index is 11.5. The molecule has 1 aromatic carbocycles. The Kier molecular flexibility index (Phi) is 2.95. The van der Waals surface area contributed by atoms with E-state index in [2.05, 4.69) is 10.1 Å². The van der Waals surface area contributed by atoms with Gasteiger partial charge in [-0.1, -0.05) is 23.4 Å². The van der Waals surface area contributed by atoms with Crippen molar-refractivity contribution in [3.05, 3.63) is 47.6 Å². The molecule has 0 N–H and O–H groups in total. The zero-order chi connectivity index (χ0) is 11.4. The van der Waals surface area contributed by atoms with Gasteiger partial charge in [-0.05, 0) is 19.1 Å². The van der Waals surface area contributed by atoms with Gasteiger partial charge in [0.15, 0.2) is 12.4 Å². The number of aryl methyl sites for hydroxylation is 1. The van der Waals surface area contributed by atoms with Gasteiger partial charge in [-0.2, -0.15) is 4.98 Å². The quantitative estimate of drug-likeness (QED) is 0.734. The molecule has 16 heavy (non-hydrogen) atoms. The van der Waals surface area contributed by atoms with Crippen molar-refractivity contribution in [2.24, 2.45) is 0 Å². The molecule has 0 unspecified atom stereocenters. The largest absolute Gasteiger partial charge is 0.452 e. The Morgan fingerprint density at radius 3 is 2.75 bits per heavy atom. The van der Waals surface area contributed by atoms with Crippen molar-refractivity contribution in [2.75, 3.05) is 0 Å². The molecule has 5 heteroatoms. The van der Waals surface area contributed by atoms with Crippen molar-refractivity contribution in [1.82, 2.24) is 10.1 Å². The molecule has 0 amide bonds. The number of carbonyl (C=O) groups excluding carboxylic acids is 1. The molecule has 0 saturated carbocycles. The highest BCUT2D eigenvalue weighted by atomic mass is 16.6. The summed E-state index contributed by atoms with van der Waals surface area (Å²) in [5.41, 5.74) is 0.499. The summed E-state index contributed by atoms with van der Waals surface area (Å²) < 4.78 is 9.80. The summed E-state index contributed by atoms with van der Waals surface area (Å²) in [6, 6.07) is 8.74. The van der Waals surface area contributed by atoms with Crippen LogP contribution in [0.4, 0.5) is 0 Å². The molecule has 0 saturated heterocycles. The number of esters is 1. The first-order valence-electron chi connectivity index (χ1n) is 4.77. The number of aromatic nitrogens is 2. The molecule has 2 aromatic rings. The van der Waals surface area contributed by atoms with Crippen LogP contribution in [0, 0.1) is 6.92 Å². The molecule has 0 bridgehead atoms. The SMILES string of the molecule is Cc1noc(COC(=O)c2ccccc2)n1. The van der Waals surface area contributed by atoms with E-state index in [-0.39, 0.29) is 6.61 Å². The van der Waals surface area contributed by atoms with Gasteiger partial charge in [0.1, 0.15) is 0 Å². The average molecular weight is 218 g/mol. The zero-order valence-corrected chi connectivity index (χ0v) is 8.71. The minimum Gasteiger partial charge on any atom is -0.452 e. The van der Waals surface area contributed by atoms with Crippen molar-refractivity contribution >= 4 is 5.97 Å². The monoisotopic (exact) mass is 218 g/mol. The lowest BCUT2D eigenvalue weighted by molar-refractivity contribution is 0.0430. The van der Waals surface area contributed by atoms with E-state index in [0.29, 0.717) is 17.3 Å². The maximum absolute atomic E-state index is 11.5. The molecule has 0 spiro atoms. The molecular weight excluding hydrogens is 208 g/mol. The summed E-state index contributed by atoms with van der Waals surface area (Å²) in [6.45, 7) is 1.70. The van der Waals surface area contributed by atoms with Gasteiger partial charge < -0.3 is 9.26 Å². The van der Waals surface area contributed by atoms with Crippen LogP contribution in [0.1, 0.15) is 22.1 Å². The molecule has 0 radical (unpaired) electrons. The van der Waals surface area contributed by atoms with E-state index in [9.17, 15) is 4.79 Å². The lowest BCUT2D eigenvalue weighted by atomic mass is 10.2. The average Bonchev–Trinajstić information content (AvgIpc) is 2.73. The van der Waals surface area contributed by atoms with Gasteiger partial charge in [-0.25, -0.2) is 4.79 Å². The van der Waals surface area contributed by atoms with Crippen LogP contribution >= 0.6 is 0 Å². The summed E-state index contributed by atoms with van der Waals surface area (Å²) in [7, 11) is 0. The standard InChI is InChI=1S/C11H10N2O3/c1-8-12-10(16-13-8)7-15-11(14)9-5-3-2-4-6-9/h2-6H,7H2,1H3. The molecular formula is C11H10N2O3. The van der Waals surface area contributed by atoms with E-state index in [4.69, 9.17) is 9.26 Å². The Labute approximate surface area is 92.0 Å². The fourth-order valence-corrected chi connectivity index (χ4v) is 1.18. The topological polar surface area (TPSA) is 65.2 Å². The minimum absolute atomic E-state index is 0.00539. The first kappa shape index (κ1) is 10.4. The smallest absolute Gasteiger partial charge is 0.338 e. The molecule has 2 rings (SSSR count). The number of hydrogen-bond donors (Lipinski definition) is 0. The van der Waals surface area contributed by atoms with Crippen molar-refractivity contribution in [2.45, 2.75) is 13.5 Å². The van der Waals surface area contributed by atoms with E-state index in [1.165, 1.54) is 0 Å². The first-order valence-corrected chi connectivity index (χ1v) is 4.77. The number of hydrogen-bond acceptors (Lipinski definition) is 5. The molecule has 0 fully saturated rings. The lowest BCUT2D eigenvalue weighted by Crippen LogP contribution is -2.05. The lowest BCUT2D eigenvalue weighted by Gasteiger charge is -2.00. The van der Waals surface area contributed by atoms with Crippen LogP contribution in [-0.4, -0.2) is 16.1 Å². The third kappa shape index (κ3) is 2.44. The second-order valence-electron chi connectivity index (χ2n) is 3.18. The van der Waals surface area contributed by atoms with Crippen LogP contribution in [-0.2, 0) is 11.3 Å². The van der Waals surface area contributed by atoms with Crippen molar-refractivity contribution < 1.29 is 14.1 Å². The molecule has 0 aliphatic carbocycles. The number of ether oxygens (including phenoxy) is 1. The highest BCUT2D eigenvalue weighted by molar-refractivity contribution is 5.89. The van der Waals surface area contributed by atoms with Gasteiger partial charge in [0.05, 0.1) is 5.56 Å². The first-order chi connectivity index (χ1) is 7.75. The number of benzene rings is 1. The third-order valence-electron chi connectivity index (χ3n) is 1.91. The van der Waals surface area contributed by atoms with Crippen LogP contribution in [0.5, 0.6) is 0 Å². The zero-order valence-electron chi connectivity index (χ0n) is 8.71. The maximum Gasteiger partial charge on any atom is 0.338 e. The van der Waals surface area contributed by atoms with E-state index in [1.54, 1.807) is 31.2 Å². The van der Waals surface area contributed by atoms with E-state index >= 15 is 0 Å². The van der Waals surface area contributed by atoms with Gasteiger partial charge in [-0.15, -0.1) is 0 Å². The molecule has 0 aliphatic rings. The Balaban J connectivity index is 1.94. The molecule has 82 valence electrons. The van der Waals surface area contributed by atoms with Gasteiger partial charge in [0.2, 0.25) is 0 Å². The minimum atomic E-state index is -0.406. The van der Waals surface area contributed by atoms with Crippen molar-refractivity contribution in [3.8, 4) is 0 Å². The Hall–Kier alpha value is -2.17. The van der Waals surface area contributed by atoms with Crippen LogP contribution in [0.25, 0.3) is 0 Å². The predicted octanol–water partition coefficient (Wildman–Crippen LogP) is 1.74. The van der Waals surface area contributed by atoms with Gasteiger partial charge in [0.25, 0.3) is 5.89 Å². The summed E-state index contributed by atoms with van der Waals surface area (Å²) in [5.74, 6) is 0.406. The second kappa shape index (κ2) is 4.57. The molecule has 1 aromatic heterocycles. The highest BCUT2D eigenvalue weighted by Gasteiger charge is 2.09. The number of carbonyl (C=O) groups is 1. The Morgan fingerprint density at radius 2 is 2.12 bits per heavy atom. The molecule has 0 aliphatic heterocycles. The molecule has 0 atom stereocenters.